The van der Waals surface area contributed by atoms with Crippen LogP contribution in [0.2, 0.25) is 0 Å². The Morgan fingerprint density at radius 1 is 1.77 bits per heavy atom. The van der Waals surface area contributed by atoms with Gasteiger partial charge in [-0.2, -0.15) is 0 Å². The van der Waals surface area contributed by atoms with Gasteiger partial charge in [0.2, 0.25) is 0 Å². The summed E-state index contributed by atoms with van der Waals surface area (Å²) < 4.78 is 0. The standard InChI is InChI=1S/C9H8N2O2/c1-2-4-10-8-6-7(9(12)13)3-5-11-8/h1,3,5-6H,4H2,(H,10,11)(H,12,13). The number of nitrogens with one attached hydrogen (secondary N) is 1. The lowest BCUT2D eigenvalue weighted by molar-refractivity contribution is 0.0697. The maximum absolute atomic E-state index is 10.5. The minimum Gasteiger partial charge on any atom is -0.478 e. The van der Waals surface area contributed by atoms with E-state index in [0.717, 1.165) is 0 Å². The van der Waals surface area contributed by atoms with Crippen LogP contribution in [0.5, 0.6) is 0 Å². The van der Waals surface area contributed by atoms with E-state index in [9.17, 15) is 4.79 Å². The number of aromatic carboxylic acids is 1. The molecule has 0 atom stereocenters. The van der Waals surface area contributed by atoms with Gasteiger partial charge in [0.1, 0.15) is 5.82 Å². The van der Waals surface area contributed by atoms with Crippen molar-refractivity contribution >= 4 is 11.8 Å². The smallest absolute Gasteiger partial charge is 0.335 e. The number of pyridine rings is 1. The van der Waals surface area contributed by atoms with Crippen LogP contribution in [0.1, 0.15) is 10.4 Å². The maximum atomic E-state index is 10.5. The molecule has 1 rings (SSSR count). The molecule has 0 saturated heterocycles. The number of carboxylic acid groups (broad SMARTS) is 1. The molecule has 4 heteroatoms. The number of carbonyl (C=O) groups is 1. The van der Waals surface area contributed by atoms with Gasteiger partial charge in [-0.15, -0.1) is 6.42 Å². The number of carboxylic acids is 1. The minimum atomic E-state index is -0.980. The first-order valence-electron chi connectivity index (χ1n) is 3.60. The molecular formula is C9H8N2O2. The van der Waals surface area contributed by atoms with Gasteiger partial charge < -0.3 is 10.4 Å². The van der Waals surface area contributed by atoms with Gasteiger partial charge >= 0.3 is 5.97 Å². The molecule has 1 heterocycles. The largest absolute Gasteiger partial charge is 0.478 e. The summed E-state index contributed by atoms with van der Waals surface area (Å²) in [6.07, 6.45) is 6.44. The zero-order valence-electron chi connectivity index (χ0n) is 6.82. The zero-order valence-corrected chi connectivity index (χ0v) is 6.82. The molecule has 0 aliphatic carbocycles. The summed E-state index contributed by atoms with van der Waals surface area (Å²) in [6, 6.07) is 2.85. The second kappa shape index (κ2) is 4.12. The van der Waals surface area contributed by atoms with Gasteiger partial charge in [0.25, 0.3) is 0 Å². The van der Waals surface area contributed by atoms with E-state index in [1.54, 1.807) is 0 Å². The van der Waals surface area contributed by atoms with Crippen LogP contribution < -0.4 is 5.32 Å². The van der Waals surface area contributed by atoms with Crippen molar-refractivity contribution in [2.45, 2.75) is 0 Å². The molecule has 1 aromatic heterocycles. The molecule has 0 aliphatic heterocycles. The average Bonchev–Trinajstić information content (AvgIpc) is 2.15. The molecule has 0 saturated carbocycles. The second-order valence-corrected chi connectivity index (χ2v) is 2.29. The van der Waals surface area contributed by atoms with Crippen LogP contribution in [-0.2, 0) is 0 Å². The molecule has 2 N–H and O–H groups in total. The van der Waals surface area contributed by atoms with Gasteiger partial charge in [-0.3, -0.25) is 0 Å². The summed E-state index contributed by atoms with van der Waals surface area (Å²) in [7, 11) is 0. The van der Waals surface area contributed by atoms with E-state index in [1.165, 1.54) is 18.3 Å². The molecule has 13 heavy (non-hydrogen) atoms. The summed E-state index contributed by atoms with van der Waals surface area (Å²) in [6.45, 7) is 0.329. The SMILES string of the molecule is C#CCNc1cc(C(=O)O)ccn1. The number of nitrogens with zero attached hydrogens (tertiary/aromatic N) is 1. The number of aromatic nitrogens is 1. The van der Waals surface area contributed by atoms with Gasteiger partial charge in [0.15, 0.2) is 0 Å². The van der Waals surface area contributed by atoms with Gasteiger partial charge in [0.05, 0.1) is 12.1 Å². The molecule has 0 aliphatic rings. The number of terminal acetylenes is 1. The molecule has 0 spiro atoms. The molecule has 0 fully saturated rings. The summed E-state index contributed by atoms with van der Waals surface area (Å²) in [5, 5.41) is 11.4. The molecule has 0 aromatic carbocycles. The highest BCUT2D eigenvalue weighted by molar-refractivity contribution is 5.88. The maximum Gasteiger partial charge on any atom is 0.335 e. The van der Waals surface area contributed by atoms with E-state index in [0.29, 0.717) is 12.4 Å². The Hall–Kier alpha value is -2.02. The second-order valence-electron chi connectivity index (χ2n) is 2.29. The first-order chi connectivity index (χ1) is 6.24. The fourth-order valence-electron chi connectivity index (χ4n) is 0.802. The molecule has 1 aromatic rings. The van der Waals surface area contributed by atoms with Crippen molar-refractivity contribution < 1.29 is 9.90 Å². The van der Waals surface area contributed by atoms with Crippen LogP contribution >= 0.6 is 0 Å². The third-order valence-corrected chi connectivity index (χ3v) is 1.38. The van der Waals surface area contributed by atoms with Crippen molar-refractivity contribution in [3.8, 4) is 12.3 Å². The molecule has 4 nitrogen and oxygen atoms in total. The van der Waals surface area contributed by atoms with Crippen molar-refractivity contribution in [3.05, 3.63) is 23.9 Å². The van der Waals surface area contributed by atoms with E-state index >= 15 is 0 Å². The fourth-order valence-corrected chi connectivity index (χ4v) is 0.802. The molecule has 0 bridgehead atoms. The van der Waals surface area contributed by atoms with Crippen molar-refractivity contribution in [3.63, 3.8) is 0 Å². The minimum absolute atomic E-state index is 0.189. The van der Waals surface area contributed by atoms with Crippen LogP contribution in [0.25, 0.3) is 0 Å². The number of rotatable bonds is 3. The lowest BCUT2D eigenvalue weighted by Crippen LogP contribution is -2.03. The Kier molecular flexibility index (Phi) is 2.87. The number of hydrogen-bond donors (Lipinski definition) is 2. The Balaban J connectivity index is 2.80. The predicted molar refractivity (Wildman–Crippen MR) is 48.5 cm³/mol. The summed E-state index contributed by atoms with van der Waals surface area (Å²) in [5.74, 6) is 1.86. The Labute approximate surface area is 75.6 Å². The molecular weight excluding hydrogens is 168 g/mol. The normalized spacial score (nSPS) is 8.85. The van der Waals surface area contributed by atoms with Crippen molar-refractivity contribution in [1.82, 2.24) is 4.98 Å². The van der Waals surface area contributed by atoms with E-state index in [2.05, 4.69) is 16.2 Å². The monoisotopic (exact) mass is 176 g/mol. The highest BCUT2D eigenvalue weighted by Crippen LogP contribution is 2.05. The summed E-state index contributed by atoms with van der Waals surface area (Å²) >= 11 is 0. The van der Waals surface area contributed by atoms with E-state index < -0.39 is 5.97 Å². The lowest BCUT2D eigenvalue weighted by atomic mass is 10.2. The van der Waals surface area contributed by atoms with Crippen LogP contribution in [-0.4, -0.2) is 22.6 Å². The van der Waals surface area contributed by atoms with E-state index in [1.807, 2.05) is 0 Å². The number of hydrogen-bond acceptors (Lipinski definition) is 3. The van der Waals surface area contributed by atoms with Crippen LogP contribution in [0.3, 0.4) is 0 Å². The van der Waals surface area contributed by atoms with Crippen LogP contribution in [0.15, 0.2) is 18.3 Å². The molecule has 0 unspecified atom stereocenters. The quantitative estimate of drug-likeness (QED) is 0.669. The molecule has 66 valence electrons. The van der Waals surface area contributed by atoms with Crippen LogP contribution in [0.4, 0.5) is 5.82 Å². The fraction of sp³-hybridized carbons (Fsp3) is 0.111. The lowest BCUT2D eigenvalue weighted by Gasteiger charge is -2.01. The van der Waals surface area contributed by atoms with Crippen molar-refractivity contribution in [2.75, 3.05) is 11.9 Å². The Morgan fingerprint density at radius 3 is 3.15 bits per heavy atom. The zero-order chi connectivity index (χ0) is 9.68. The summed E-state index contributed by atoms with van der Waals surface area (Å²) in [5.41, 5.74) is 0.189. The van der Waals surface area contributed by atoms with Gasteiger partial charge in [-0.05, 0) is 12.1 Å². The van der Waals surface area contributed by atoms with E-state index in [-0.39, 0.29) is 5.56 Å². The first kappa shape index (κ1) is 9.07. The topological polar surface area (TPSA) is 62.2 Å². The van der Waals surface area contributed by atoms with Gasteiger partial charge in [-0.1, -0.05) is 5.92 Å². The third kappa shape index (κ3) is 2.49. The van der Waals surface area contributed by atoms with Crippen molar-refractivity contribution in [2.24, 2.45) is 0 Å². The van der Waals surface area contributed by atoms with Crippen molar-refractivity contribution in [1.29, 1.82) is 0 Å². The highest BCUT2D eigenvalue weighted by Gasteiger charge is 2.02. The van der Waals surface area contributed by atoms with Crippen LogP contribution in [0, 0.1) is 12.3 Å². The molecule has 0 amide bonds. The number of anilines is 1. The first-order valence-corrected chi connectivity index (χ1v) is 3.60. The van der Waals surface area contributed by atoms with Gasteiger partial charge in [-0.25, -0.2) is 9.78 Å². The van der Waals surface area contributed by atoms with E-state index in [4.69, 9.17) is 11.5 Å². The molecule has 0 radical (unpaired) electrons. The third-order valence-electron chi connectivity index (χ3n) is 1.38. The highest BCUT2D eigenvalue weighted by atomic mass is 16.4. The van der Waals surface area contributed by atoms with Gasteiger partial charge in [0, 0.05) is 6.20 Å². The predicted octanol–water partition coefficient (Wildman–Crippen LogP) is 0.825. The Morgan fingerprint density at radius 2 is 2.54 bits per heavy atom. The summed E-state index contributed by atoms with van der Waals surface area (Å²) in [4.78, 5) is 14.4. The average molecular weight is 176 g/mol. The Bertz CT molecular complexity index is 355.